The summed E-state index contributed by atoms with van der Waals surface area (Å²) in [4.78, 5) is 0. The third-order valence-electron chi connectivity index (χ3n) is 2.34. The van der Waals surface area contributed by atoms with E-state index < -0.39 is 0 Å². The van der Waals surface area contributed by atoms with Crippen molar-refractivity contribution in [2.75, 3.05) is 0 Å². The summed E-state index contributed by atoms with van der Waals surface area (Å²) in [5, 5.41) is 13.1. The van der Waals surface area contributed by atoms with Crippen molar-refractivity contribution in [3.05, 3.63) is 33.2 Å². The van der Waals surface area contributed by atoms with E-state index in [1.165, 1.54) is 0 Å². The highest BCUT2D eigenvalue weighted by Crippen LogP contribution is 2.33. The minimum atomic E-state index is 0.856. The van der Waals surface area contributed by atoms with Crippen molar-refractivity contribution >= 4 is 53.7 Å². The van der Waals surface area contributed by atoms with Crippen molar-refractivity contribution in [2.24, 2.45) is 0 Å². The zero-order valence-electron chi connectivity index (χ0n) is 7.46. The van der Waals surface area contributed by atoms with Gasteiger partial charge in [-0.1, -0.05) is 28.1 Å². The predicted molar refractivity (Wildman–Crippen MR) is 66.8 cm³/mol. The van der Waals surface area contributed by atoms with Crippen LogP contribution in [0.1, 0.15) is 0 Å². The summed E-state index contributed by atoms with van der Waals surface area (Å²) in [7, 11) is 0. The van der Waals surface area contributed by atoms with Gasteiger partial charge in [-0.3, -0.25) is 0 Å². The third-order valence-corrected chi connectivity index (χ3v) is 3.60. The minimum Gasteiger partial charge on any atom is -0.197 e. The van der Waals surface area contributed by atoms with Gasteiger partial charge in [0.15, 0.2) is 0 Å². The molecule has 0 atom stereocenters. The molecule has 0 bridgehead atoms. The number of halogens is 2. The van der Waals surface area contributed by atoms with Crippen molar-refractivity contribution in [3.8, 4) is 0 Å². The van der Waals surface area contributed by atoms with Crippen molar-refractivity contribution in [1.29, 1.82) is 0 Å². The molecule has 0 amide bonds. The minimum absolute atomic E-state index is 0.856. The Morgan fingerprint density at radius 2 is 1.80 bits per heavy atom. The average molecular weight is 327 g/mol. The van der Waals surface area contributed by atoms with Gasteiger partial charge in [-0.2, -0.15) is 15.4 Å². The molecule has 1 heterocycles. The fourth-order valence-electron chi connectivity index (χ4n) is 1.69. The van der Waals surface area contributed by atoms with Crippen LogP contribution in [-0.2, 0) is 0 Å². The molecule has 1 aromatic heterocycles. The van der Waals surface area contributed by atoms with Crippen LogP contribution < -0.4 is 0 Å². The highest BCUT2D eigenvalue weighted by atomic mass is 79.9. The quantitative estimate of drug-likeness (QED) is 0.685. The molecule has 15 heavy (non-hydrogen) atoms. The molecular formula is C10H5Br2N3. The molecule has 0 aliphatic rings. The SMILES string of the molecule is Brc1cc2cccc(Br)c2c2n[nH]nc12. The summed E-state index contributed by atoms with van der Waals surface area (Å²) in [6, 6.07) is 8.11. The number of hydrogen-bond acceptors (Lipinski definition) is 2. The molecule has 0 saturated heterocycles. The Bertz CT molecular complexity index is 660. The smallest absolute Gasteiger partial charge is 0.127 e. The fourth-order valence-corrected chi connectivity index (χ4v) is 2.78. The van der Waals surface area contributed by atoms with Gasteiger partial charge in [-0.15, -0.1) is 0 Å². The Morgan fingerprint density at radius 1 is 1.00 bits per heavy atom. The molecule has 3 nitrogen and oxygen atoms in total. The number of aromatic amines is 1. The van der Waals surface area contributed by atoms with E-state index in [0.717, 1.165) is 30.8 Å². The van der Waals surface area contributed by atoms with E-state index in [0.29, 0.717) is 0 Å². The highest BCUT2D eigenvalue weighted by molar-refractivity contribution is 9.11. The molecule has 0 unspecified atom stereocenters. The van der Waals surface area contributed by atoms with Gasteiger partial charge in [-0.05, 0) is 33.4 Å². The number of fused-ring (bicyclic) bond motifs is 3. The maximum absolute atomic E-state index is 4.17. The normalized spacial score (nSPS) is 11.3. The Balaban J connectivity index is 2.68. The summed E-state index contributed by atoms with van der Waals surface area (Å²) < 4.78 is 1.99. The van der Waals surface area contributed by atoms with Gasteiger partial charge in [0.25, 0.3) is 0 Å². The van der Waals surface area contributed by atoms with E-state index >= 15 is 0 Å². The molecule has 3 rings (SSSR count). The van der Waals surface area contributed by atoms with Crippen LogP contribution in [-0.4, -0.2) is 15.4 Å². The number of aromatic nitrogens is 3. The molecular weight excluding hydrogens is 322 g/mol. The van der Waals surface area contributed by atoms with E-state index in [9.17, 15) is 0 Å². The first-order valence-electron chi connectivity index (χ1n) is 4.34. The maximum Gasteiger partial charge on any atom is 0.127 e. The average Bonchev–Trinajstić information content (AvgIpc) is 2.66. The molecule has 0 aliphatic carbocycles. The second-order valence-corrected chi connectivity index (χ2v) is 4.93. The first kappa shape index (κ1) is 9.30. The van der Waals surface area contributed by atoms with Gasteiger partial charge in [-0.25, -0.2) is 0 Å². The number of nitrogens with one attached hydrogen (secondary N) is 1. The maximum atomic E-state index is 4.17. The Morgan fingerprint density at radius 3 is 2.67 bits per heavy atom. The van der Waals surface area contributed by atoms with E-state index in [1.54, 1.807) is 0 Å². The van der Waals surface area contributed by atoms with Crippen LogP contribution in [0.25, 0.3) is 21.8 Å². The van der Waals surface area contributed by atoms with Crippen molar-refractivity contribution in [2.45, 2.75) is 0 Å². The zero-order chi connectivity index (χ0) is 10.4. The van der Waals surface area contributed by atoms with Gasteiger partial charge >= 0.3 is 0 Å². The zero-order valence-corrected chi connectivity index (χ0v) is 10.6. The van der Waals surface area contributed by atoms with Crippen LogP contribution >= 0.6 is 31.9 Å². The number of H-pyrrole nitrogens is 1. The van der Waals surface area contributed by atoms with E-state index in [-0.39, 0.29) is 0 Å². The summed E-state index contributed by atoms with van der Waals surface area (Å²) in [5.41, 5.74) is 1.74. The highest BCUT2D eigenvalue weighted by Gasteiger charge is 2.10. The van der Waals surface area contributed by atoms with Gasteiger partial charge in [0, 0.05) is 14.3 Å². The van der Waals surface area contributed by atoms with Crippen molar-refractivity contribution in [1.82, 2.24) is 15.4 Å². The first-order valence-corrected chi connectivity index (χ1v) is 5.93. The predicted octanol–water partition coefficient (Wildman–Crippen LogP) is 3.64. The van der Waals surface area contributed by atoms with Crippen LogP contribution in [0, 0.1) is 0 Å². The molecule has 2 aromatic carbocycles. The number of benzene rings is 2. The lowest BCUT2D eigenvalue weighted by Gasteiger charge is -2.01. The third kappa shape index (κ3) is 1.30. The van der Waals surface area contributed by atoms with Gasteiger partial charge in [0.2, 0.25) is 0 Å². The van der Waals surface area contributed by atoms with Gasteiger partial charge < -0.3 is 0 Å². The second-order valence-electron chi connectivity index (χ2n) is 3.22. The molecule has 74 valence electrons. The molecule has 0 saturated carbocycles. The van der Waals surface area contributed by atoms with Gasteiger partial charge in [0.05, 0.1) is 0 Å². The lowest BCUT2D eigenvalue weighted by molar-refractivity contribution is 0.959. The lowest BCUT2D eigenvalue weighted by atomic mass is 10.1. The molecule has 1 N–H and O–H groups in total. The molecule has 0 fully saturated rings. The fraction of sp³-hybridized carbons (Fsp3) is 0. The monoisotopic (exact) mass is 325 g/mol. The largest absolute Gasteiger partial charge is 0.197 e. The van der Waals surface area contributed by atoms with Crippen LogP contribution in [0.3, 0.4) is 0 Å². The number of hydrogen-bond donors (Lipinski definition) is 1. The van der Waals surface area contributed by atoms with Crippen LogP contribution in [0.4, 0.5) is 0 Å². The topological polar surface area (TPSA) is 41.6 Å². The Labute approximate surface area is 102 Å². The standard InChI is InChI=1S/C10H5Br2N3/c11-6-3-1-2-5-4-7(12)9-10(8(5)6)14-15-13-9/h1-4H,(H,13,14,15). The molecule has 3 aromatic rings. The summed E-state index contributed by atoms with van der Waals surface area (Å²) in [6.07, 6.45) is 0. The lowest BCUT2D eigenvalue weighted by Crippen LogP contribution is -1.79. The van der Waals surface area contributed by atoms with Gasteiger partial charge in [0.1, 0.15) is 11.0 Å². The molecule has 0 aliphatic heterocycles. The van der Waals surface area contributed by atoms with E-state index in [4.69, 9.17) is 0 Å². The summed E-state index contributed by atoms with van der Waals surface area (Å²) >= 11 is 7.01. The summed E-state index contributed by atoms with van der Waals surface area (Å²) in [5.74, 6) is 0. The Kier molecular flexibility index (Phi) is 2.03. The molecule has 5 heteroatoms. The number of nitrogens with zero attached hydrogens (tertiary/aromatic N) is 2. The molecule has 0 spiro atoms. The second kappa shape index (κ2) is 3.28. The van der Waals surface area contributed by atoms with Crippen molar-refractivity contribution in [3.63, 3.8) is 0 Å². The van der Waals surface area contributed by atoms with Crippen LogP contribution in [0.2, 0.25) is 0 Å². The summed E-state index contributed by atoms with van der Waals surface area (Å²) in [6.45, 7) is 0. The Hall–Kier alpha value is -0.940. The van der Waals surface area contributed by atoms with Crippen LogP contribution in [0.15, 0.2) is 33.2 Å². The number of rotatable bonds is 0. The van der Waals surface area contributed by atoms with E-state index in [2.05, 4.69) is 53.3 Å². The van der Waals surface area contributed by atoms with Crippen LogP contribution in [0.5, 0.6) is 0 Å². The van der Waals surface area contributed by atoms with E-state index in [1.807, 2.05) is 18.2 Å². The van der Waals surface area contributed by atoms with Crippen molar-refractivity contribution < 1.29 is 0 Å². The first-order chi connectivity index (χ1) is 7.27. The molecule has 0 radical (unpaired) electrons.